The van der Waals surface area contributed by atoms with Crippen LogP contribution in [0.5, 0.6) is 0 Å². The second-order valence-electron chi connectivity index (χ2n) is 10.1. The zero-order chi connectivity index (χ0) is 27.1. The van der Waals surface area contributed by atoms with E-state index in [1.807, 2.05) is 41.5 Å². The second kappa shape index (κ2) is 17.3. The first-order valence-corrected chi connectivity index (χ1v) is 12.8. The molecule has 2 unspecified atom stereocenters. The van der Waals surface area contributed by atoms with Gasteiger partial charge in [-0.05, 0) is 37.5 Å². The van der Waals surface area contributed by atoms with Crippen molar-refractivity contribution < 1.29 is 29.0 Å². The molecular weight excluding hydrogens is 452 g/mol. The van der Waals surface area contributed by atoms with E-state index in [9.17, 15) is 24.3 Å². The fraction of sp³-hybridized carbons (Fsp3) is 0.840. The third kappa shape index (κ3) is 14.1. The normalized spacial score (nSPS) is 14.9. The standard InChI is InChI=1S/C25H48N4O6/c1-8-35-21(32)14-19(30)18(26)11-9-10-12-27-24(33)22(16(4)5)29-25(34)23(17(6)7)28-20(31)13-15(2)3/h15-19,22-23,30H,8-14,26H2,1-7H3,(H,27,33)(H,28,31)(H,29,34)/t18?,19?,22-,23-/m1/s1. The quantitative estimate of drug-likeness (QED) is 0.148. The highest BCUT2D eigenvalue weighted by atomic mass is 16.5. The first kappa shape index (κ1) is 32.8. The van der Waals surface area contributed by atoms with Crippen LogP contribution >= 0.6 is 0 Å². The zero-order valence-electron chi connectivity index (χ0n) is 22.6. The molecule has 0 aliphatic rings. The fourth-order valence-electron chi connectivity index (χ4n) is 3.48. The van der Waals surface area contributed by atoms with E-state index in [0.717, 1.165) is 0 Å². The molecule has 0 aliphatic heterocycles. The van der Waals surface area contributed by atoms with Crippen molar-refractivity contribution in [3.05, 3.63) is 0 Å². The minimum Gasteiger partial charge on any atom is -0.466 e. The molecule has 0 rings (SSSR count). The maximum Gasteiger partial charge on any atom is 0.308 e. The van der Waals surface area contributed by atoms with Gasteiger partial charge in [-0.2, -0.15) is 0 Å². The van der Waals surface area contributed by atoms with E-state index in [2.05, 4.69) is 16.0 Å². The third-order valence-corrected chi connectivity index (χ3v) is 5.54. The summed E-state index contributed by atoms with van der Waals surface area (Å²) in [4.78, 5) is 49.2. The van der Waals surface area contributed by atoms with Gasteiger partial charge in [-0.1, -0.05) is 48.0 Å². The first-order valence-electron chi connectivity index (χ1n) is 12.8. The first-order chi connectivity index (χ1) is 16.3. The number of amides is 3. The number of aliphatic hydroxyl groups is 1. The number of esters is 1. The Morgan fingerprint density at radius 1 is 0.857 bits per heavy atom. The smallest absolute Gasteiger partial charge is 0.308 e. The summed E-state index contributed by atoms with van der Waals surface area (Å²) < 4.78 is 4.81. The van der Waals surface area contributed by atoms with Gasteiger partial charge in [0.2, 0.25) is 17.7 Å². The highest BCUT2D eigenvalue weighted by molar-refractivity contribution is 5.92. The highest BCUT2D eigenvalue weighted by Crippen LogP contribution is 2.09. The van der Waals surface area contributed by atoms with Crippen LogP contribution < -0.4 is 21.7 Å². The number of ether oxygens (including phenoxy) is 1. The van der Waals surface area contributed by atoms with Crippen molar-refractivity contribution in [2.24, 2.45) is 23.5 Å². The average Bonchev–Trinajstić information content (AvgIpc) is 2.74. The van der Waals surface area contributed by atoms with Crippen LogP contribution in [0.1, 0.15) is 80.6 Å². The van der Waals surface area contributed by atoms with Crippen molar-refractivity contribution >= 4 is 23.7 Å². The van der Waals surface area contributed by atoms with Crippen molar-refractivity contribution in [3.8, 4) is 0 Å². The van der Waals surface area contributed by atoms with E-state index in [0.29, 0.717) is 32.2 Å². The second-order valence-corrected chi connectivity index (χ2v) is 10.1. The maximum atomic E-state index is 12.9. The van der Waals surface area contributed by atoms with Gasteiger partial charge >= 0.3 is 5.97 Å². The summed E-state index contributed by atoms with van der Waals surface area (Å²) in [5, 5.41) is 18.4. The molecule has 0 radical (unpaired) electrons. The molecule has 0 aliphatic carbocycles. The minimum absolute atomic E-state index is 0.134. The predicted molar refractivity (Wildman–Crippen MR) is 135 cm³/mol. The van der Waals surface area contributed by atoms with Crippen molar-refractivity contribution in [3.63, 3.8) is 0 Å². The van der Waals surface area contributed by atoms with Gasteiger partial charge < -0.3 is 31.5 Å². The molecule has 0 heterocycles. The van der Waals surface area contributed by atoms with Crippen LogP contribution in [0.3, 0.4) is 0 Å². The van der Waals surface area contributed by atoms with Crippen LogP contribution in [0.4, 0.5) is 0 Å². The Hall–Kier alpha value is -2.20. The molecule has 6 N–H and O–H groups in total. The lowest BCUT2D eigenvalue weighted by Crippen LogP contribution is -2.57. The van der Waals surface area contributed by atoms with Gasteiger partial charge in [0, 0.05) is 19.0 Å². The molecule has 10 nitrogen and oxygen atoms in total. The summed E-state index contributed by atoms with van der Waals surface area (Å²) in [6.07, 6.45) is 0.985. The van der Waals surface area contributed by atoms with E-state index < -0.39 is 30.2 Å². The molecule has 0 aromatic carbocycles. The number of rotatable bonds is 17. The van der Waals surface area contributed by atoms with Crippen molar-refractivity contribution in [1.29, 1.82) is 0 Å². The number of carbonyl (C=O) groups is 4. The van der Waals surface area contributed by atoms with E-state index in [-0.39, 0.29) is 48.5 Å². The lowest BCUT2D eigenvalue weighted by atomic mass is 9.99. The van der Waals surface area contributed by atoms with Crippen LogP contribution in [0.15, 0.2) is 0 Å². The summed E-state index contributed by atoms with van der Waals surface area (Å²) >= 11 is 0. The number of hydrogen-bond acceptors (Lipinski definition) is 7. The van der Waals surface area contributed by atoms with Crippen LogP contribution in [0.25, 0.3) is 0 Å². The van der Waals surface area contributed by atoms with E-state index in [4.69, 9.17) is 10.5 Å². The summed E-state index contributed by atoms with van der Waals surface area (Å²) in [5.41, 5.74) is 5.94. The zero-order valence-corrected chi connectivity index (χ0v) is 22.6. The molecule has 0 spiro atoms. The molecule has 0 bridgehead atoms. The summed E-state index contributed by atoms with van der Waals surface area (Å²) in [5.74, 6) is -1.46. The number of unbranched alkanes of at least 4 members (excludes halogenated alkanes) is 1. The largest absolute Gasteiger partial charge is 0.466 e. The van der Waals surface area contributed by atoms with Crippen LogP contribution in [-0.4, -0.2) is 66.2 Å². The molecule has 204 valence electrons. The summed E-state index contributed by atoms with van der Waals surface area (Å²) in [7, 11) is 0. The van der Waals surface area contributed by atoms with Crippen LogP contribution in [0, 0.1) is 17.8 Å². The molecular formula is C25H48N4O6. The maximum absolute atomic E-state index is 12.9. The monoisotopic (exact) mass is 500 g/mol. The van der Waals surface area contributed by atoms with Crippen molar-refractivity contribution in [1.82, 2.24) is 16.0 Å². The topological polar surface area (TPSA) is 160 Å². The molecule has 0 aromatic rings. The van der Waals surface area contributed by atoms with Gasteiger partial charge in [0.05, 0.1) is 19.1 Å². The van der Waals surface area contributed by atoms with E-state index in [1.165, 1.54) is 0 Å². The van der Waals surface area contributed by atoms with Gasteiger partial charge in [-0.25, -0.2) is 0 Å². The lowest BCUT2D eigenvalue weighted by Gasteiger charge is -2.27. The van der Waals surface area contributed by atoms with Gasteiger partial charge in [0.1, 0.15) is 12.1 Å². The molecule has 0 saturated carbocycles. The molecule has 4 atom stereocenters. The Morgan fingerprint density at radius 3 is 1.94 bits per heavy atom. The van der Waals surface area contributed by atoms with Gasteiger partial charge in [0.25, 0.3) is 0 Å². The van der Waals surface area contributed by atoms with Gasteiger partial charge in [-0.3, -0.25) is 19.2 Å². The number of nitrogens with two attached hydrogens (primary N) is 1. The van der Waals surface area contributed by atoms with Crippen LogP contribution in [0.2, 0.25) is 0 Å². The Balaban J connectivity index is 4.65. The fourth-order valence-corrected chi connectivity index (χ4v) is 3.48. The Kier molecular flexibility index (Phi) is 16.2. The molecule has 0 fully saturated rings. The van der Waals surface area contributed by atoms with Gasteiger partial charge in [-0.15, -0.1) is 0 Å². The number of nitrogens with one attached hydrogen (secondary N) is 3. The number of hydrogen-bond donors (Lipinski definition) is 5. The Bertz CT molecular complexity index is 668. The molecule has 35 heavy (non-hydrogen) atoms. The molecule has 0 aromatic heterocycles. The summed E-state index contributed by atoms with van der Waals surface area (Å²) in [6.45, 7) is 13.6. The number of carbonyl (C=O) groups excluding carboxylic acids is 4. The lowest BCUT2D eigenvalue weighted by molar-refractivity contribution is -0.145. The highest BCUT2D eigenvalue weighted by Gasteiger charge is 2.30. The number of aliphatic hydroxyl groups excluding tert-OH is 1. The molecule has 10 heteroatoms. The Labute approximate surface area is 210 Å². The van der Waals surface area contributed by atoms with Gasteiger partial charge in [0.15, 0.2) is 0 Å². The van der Waals surface area contributed by atoms with E-state index in [1.54, 1.807) is 6.92 Å². The van der Waals surface area contributed by atoms with Crippen LogP contribution in [-0.2, 0) is 23.9 Å². The SMILES string of the molecule is CCOC(=O)CC(O)C(N)CCCCNC(=O)[C@H](NC(=O)[C@H](NC(=O)CC(C)C)C(C)C)C(C)C. The summed E-state index contributed by atoms with van der Waals surface area (Å²) in [6, 6.07) is -2.02. The Morgan fingerprint density at radius 2 is 1.43 bits per heavy atom. The average molecular weight is 501 g/mol. The third-order valence-electron chi connectivity index (χ3n) is 5.54. The van der Waals surface area contributed by atoms with E-state index >= 15 is 0 Å². The predicted octanol–water partition coefficient (Wildman–Crippen LogP) is 1.24. The molecule has 0 saturated heterocycles. The van der Waals surface area contributed by atoms with Crippen molar-refractivity contribution in [2.45, 2.75) is 105 Å². The minimum atomic E-state index is -0.973. The van der Waals surface area contributed by atoms with Crippen molar-refractivity contribution in [2.75, 3.05) is 13.2 Å². The molecule has 3 amide bonds.